The van der Waals surface area contributed by atoms with Gasteiger partial charge in [0.15, 0.2) is 0 Å². The van der Waals surface area contributed by atoms with E-state index in [0.29, 0.717) is 24.6 Å². The molecule has 0 atom stereocenters. The standard InChI is InChI=1S/C10H10FNO3/c11-7-1-2-9-8(5-7)12(3-4-15-9)6-10(13)14/h1-2,5H,3-4,6H2,(H,13,14). The molecule has 80 valence electrons. The molecule has 1 aliphatic heterocycles. The highest BCUT2D eigenvalue weighted by atomic mass is 19.1. The molecule has 1 aromatic carbocycles. The van der Waals surface area contributed by atoms with E-state index in [4.69, 9.17) is 9.84 Å². The fourth-order valence-electron chi connectivity index (χ4n) is 1.57. The Hall–Kier alpha value is -1.78. The van der Waals surface area contributed by atoms with Crippen LogP contribution in [0.15, 0.2) is 18.2 Å². The smallest absolute Gasteiger partial charge is 0.323 e. The van der Waals surface area contributed by atoms with Crippen LogP contribution in [0, 0.1) is 5.82 Å². The van der Waals surface area contributed by atoms with Gasteiger partial charge in [-0.1, -0.05) is 0 Å². The Morgan fingerprint density at radius 2 is 2.40 bits per heavy atom. The number of aliphatic carboxylic acids is 1. The van der Waals surface area contributed by atoms with Crippen molar-refractivity contribution in [1.82, 2.24) is 0 Å². The number of carboxylic acid groups (broad SMARTS) is 1. The summed E-state index contributed by atoms with van der Waals surface area (Å²) < 4.78 is 18.3. The first-order valence-electron chi connectivity index (χ1n) is 4.56. The number of ether oxygens (including phenoxy) is 1. The summed E-state index contributed by atoms with van der Waals surface area (Å²) in [7, 11) is 0. The van der Waals surface area contributed by atoms with Gasteiger partial charge >= 0.3 is 5.97 Å². The molecule has 0 fully saturated rings. The van der Waals surface area contributed by atoms with Crippen LogP contribution in [-0.4, -0.2) is 30.8 Å². The number of hydrogen-bond acceptors (Lipinski definition) is 3. The minimum Gasteiger partial charge on any atom is -0.490 e. The van der Waals surface area contributed by atoms with Crippen molar-refractivity contribution < 1.29 is 19.0 Å². The molecule has 15 heavy (non-hydrogen) atoms. The van der Waals surface area contributed by atoms with Gasteiger partial charge in [0.1, 0.15) is 24.7 Å². The summed E-state index contributed by atoms with van der Waals surface area (Å²) in [6.45, 7) is 0.745. The maximum absolute atomic E-state index is 13.0. The van der Waals surface area contributed by atoms with Crippen molar-refractivity contribution >= 4 is 11.7 Å². The second-order valence-electron chi connectivity index (χ2n) is 3.28. The molecule has 0 saturated carbocycles. The lowest BCUT2D eigenvalue weighted by Gasteiger charge is -2.29. The first-order chi connectivity index (χ1) is 7.16. The van der Waals surface area contributed by atoms with Crippen LogP contribution in [0.5, 0.6) is 5.75 Å². The average molecular weight is 211 g/mol. The van der Waals surface area contributed by atoms with Gasteiger partial charge in [0.05, 0.1) is 12.2 Å². The average Bonchev–Trinajstić information content (AvgIpc) is 2.18. The lowest BCUT2D eigenvalue weighted by Crippen LogP contribution is -2.36. The molecule has 4 nitrogen and oxygen atoms in total. The Labute approximate surface area is 85.9 Å². The quantitative estimate of drug-likeness (QED) is 0.796. The minimum atomic E-state index is -0.938. The molecular formula is C10H10FNO3. The molecule has 0 aromatic heterocycles. The van der Waals surface area contributed by atoms with E-state index in [1.807, 2.05) is 0 Å². The normalized spacial score (nSPS) is 14.3. The third-order valence-corrected chi connectivity index (χ3v) is 2.21. The van der Waals surface area contributed by atoms with Crippen LogP contribution in [0.1, 0.15) is 0 Å². The Bertz CT molecular complexity index is 394. The molecule has 1 aliphatic rings. The van der Waals surface area contributed by atoms with E-state index in [0.717, 1.165) is 0 Å². The van der Waals surface area contributed by atoms with Crippen molar-refractivity contribution in [3.05, 3.63) is 24.0 Å². The summed E-state index contributed by atoms with van der Waals surface area (Å²) in [5.74, 6) is -0.800. The number of rotatable bonds is 2. The predicted octanol–water partition coefficient (Wildman–Crippen LogP) is 1.11. The van der Waals surface area contributed by atoms with Crippen molar-refractivity contribution in [2.24, 2.45) is 0 Å². The first-order valence-corrected chi connectivity index (χ1v) is 4.56. The topological polar surface area (TPSA) is 49.8 Å². The number of carbonyl (C=O) groups is 1. The fourth-order valence-corrected chi connectivity index (χ4v) is 1.57. The lowest BCUT2D eigenvalue weighted by molar-refractivity contribution is -0.135. The van der Waals surface area contributed by atoms with E-state index in [9.17, 15) is 9.18 Å². The number of halogens is 1. The lowest BCUT2D eigenvalue weighted by atomic mass is 10.2. The van der Waals surface area contributed by atoms with Crippen LogP contribution >= 0.6 is 0 Å². The molecule has 0 bridgehead atoms. The van der Waals surface area contributed by atoms with E-state index >= 15 is 0 Å². The second-order valence-corrected chi connectivity index (χ2v) is 3.28. The van der Waals surface area contributed by atoms with Crippen LogP contribution in [0.4, 0.5) is 10.1 Å². The number of anilines is 1. The van der Waals surface area contributed by atoms with Gasteiger partial charge in [0.25, 0.3) is 0 Å². The highest BCUT2D eigenvalue weighted by molar-refractivity contribution is 5.75. The summed E-state index contributed by atoms with van der Waals surface area (Å²) in [5, 5.41) is 8.68. The number of fused-ring (bicyclic) bond motifs is 1. The first kappa shape index (κ1) is 9.76. The Morgan fingerprint density at radius 3 is 3.13 bits per heavy atom. The van der Waals surface area contributed by atoms with Gasteiger partial charge in [0, 0.05) is 6.07 Å². The van der Waals surface area contributed by atoms with Gasteiger partial charge in [-0.2, -0.15) is 0 Å². The van der Waals surface area contributed by atoms with Crippen molar-refractivity contribution in [2.75, 3.05) is 24.6 Å². The predicted molar refractivity (Wildman–Crippen MR) is 51.7 cm³/mol. The second kappa shape index (κ2) is 3.76. The van der Waals surface area contributed by atoms with Gasteiger partial charge < -0.3 is 14.7 Å². The molecule has 0 aliphatic carbocycles. The molecular weight excluding hydrogens is 201 g/mol. The molecule has 2 rings (SSSR count). The summed E-state index contributed by atoms with van der Waals surface area (Å²) in [5.41, 5.74) is 0.503. The summed E-state index contributed by atoms with van der Waals surface area (Å²) in [4.78, 5) is 12.2. The third-order valence-electron chi connectivity index (χ3n) is 2.21. The highest BCUT2D eigenvalue weighted by Crippen LogP contribution is 2.31. The summed E-state index contributed by atoms with van der Waals surface area (Å²) >= 11 is 0. The molecule has 0 amide bonds. The van der Waals surface area contributed by atoms with E-state index in [1.165, 1.54) is 18.2 Å². The number of nitrogens with zero attached hydrogens (tertiary/aromatic N) is 1. The third kappa shape index (κ3) is 2.01. The van der Waals surface area contributed by atoms with Crippen LogP contribution in [0.2, 0.25) is 0 Å². The summed E-state index contributed by atoms with van der Waals surface area (Å²) in [6.07, 6.45) is 0. The molecule has 5 heteroatoms. The van der Waals surface area contributed by atoms with Crippen molar-refractivity contribution in [3.8, 4) is 5.75 Å². The van der Waals surface area contributed by atoms with Crippen LogP contribution in [0.25, 0.3) is 0 Å². The SMILES string of the molecule is O=C(O)CN1CCOc2ccc(F)cc21. The number of hydrogen-bond donors (Lipinski definition) is 1. The zero-order chi connectivity index (χ0) is 10.8. The zero-order valence-electron chi connectivity index (χ0n) is 7.94. The number of benzene rings is 1. The van der Waals surface area contributed by atoms with Crippen molar-refractivity contribution in [1.29, 1.82) is 0 Å². The van der Waals surface area contributed by atoms with Crippen LogP contribution in [-0.2, 0) is 4.79 Å². The van der Waals surface area contributed by atoms with Gasteiger partial charge in [-0.25, -0.2) is 4.39 Å². The maximum atomic E-state index is 13.0. The molecule has 1 N–H and O–H groups in total. The van der Waals surface area contributed by atoms with Crippen molar-refractivity contribution in [2.45, 2.75) is 0 Å². The van der Waals surface area contributed by atoms with Gasteiger partial charge in [-0.05, 0) is 12.1 Å². The van der Waals surface area contributed by atoms with E-state index < -0.39 is 11.8 Å². The zero-order valence-corrected chi connectivity index (χ0v) is 7.94. The Kier molecular flexibility index (Phi) is 2.45. The minimum absolute atomic E-state index is 0.139. The summed E-state index contributed by atoms with van der Waals surface area (Å²) in [6, 6.07) is 4.10. The Balaban J connectivity index is 2.32. The van der Waals surface area contributed by atoms with Crippen molar-refractivity contribution in [3.63, 3.8) is 0 Å². The van der Waals surface area contributed by atoms with Crippen LogP contribution < -0.4 is 9.64 Å². The molecule has 0 radical (unpaired) electrons. The highest BCUT2D eigenvalue weighted by Gasteiger charge is 2.20. The van der Waals surface area contributed by atoms with E-state index in [2.05, 4.69) is 0 Å². The molecule has 0 spiro atoms. The van der Waals surface area contributed by atoms with Crippen LogP contribution in [0.3, 0.4) is 0 Å². The molecule has 0 saturated heterocycles. The van der Waals surface area contributed by atoms with E-state index in [1.54, 1.807) is 4.90 Å². The Morgan fingerprint density at radius 1 is 1.60 bits per heavy atom. The van der Waals surface area contributed by atoms with E-state index in [-0.39, 0.29) is 6.54 Å². The van der Waals surface area contributed by atoms with Gasteiger partial charge in [0.2, 0.25) is 0 Å². The molecule has 0 unspecified atom stereocenters. The fraction of sp³-hybridized carbons (Fsp3) is 0.300. The largest absolute Gasteiger partial charge is 0.490 e. The molecule has 1 aromatic rings. The maximum Gasteiger partial charge on any atom is 0.323 e. The number of carboxylic acids is 1. The monoisotopic (exact) mass is 211 g/mol. The molecule has 1 heterocycles. The van der Waals surface area contributed by atoms with Gasteiger partial charge in [-0.15, -0.1) is 0 Å². The van der Waals surface area contributed by atoms with Gasteiger partial charge in [-0.3, -0.25) is 4.79 Å².